The maximum atomic E-state index is 12.2. The summed E-state index contributed by atoms with van der Waals surface area (Å²) in [7, 11) is 0. The lowest BCUT2D eigenvalue weighted by molar-refractivity contribution is 0.102. The lowest BCUT2D eigenvalue weighted by atomic mass is 10.2. The van der Waals surface area contributed by atoms with Crippen molar-refractivity contribution in [3.63, 3.8) is 0 Å². The second-order valence-electron chi connectivity index (χ2n) is 4.50. The van der Waals surface area contributed by atoms with Crippen LogP contribution in [0.4, 0.5) is 5.82 Å². The number of anilines is 1. The molecule has 3 aromatic rings. The van der Waals surface area contributed by atoms with E-state index in [0.29, 0.717) is 22.9 Å². The average molecular weight is 299 g/mol. The second-order valence-corrected chi connectivity index (χ2v) is 5.26. The van der Waals surface area contributed by atoms with Crippen molar-refractivity contribution in [1.29, 1.82) is 0 Å². The Morgan fingerprint density at radius 3 is 2.81 bits per heavy atom. The monoisotopic (exact) mass is 299 g/mol. The van der Waals surface area contributed by atoms with E-state index in [4.69, 9.17) is 0 Å². The van der Waals surface area contributed by atoms with Gasteiger partial charge in [-0.25, -0.2) is 4.68 Å². The van der Waals surface area contributed by atoms with E-state index >= 15 is 0 Å². The van der Waals surface area contributed by atoms with E-state index in [1.165, 1.54) is 0 Å². The SMILES string of the molecule is Cc1nnsc1C(=O)Nc1ccnn1Cc1ccccc1. The Labute approximate surface area is 125 Å². The first-order valence-electron chi connectivity index (χ1n) is 6.40. The molecule has 1 N–H and O–H groups in total. The molecule has 7 heteroatoms. The van der Waals surface area contributed by atoms with Gasteiger partial charge in [-0.05, 0) is 24.0 Å². The maximum absolute atomic E-state index is 12.2. The summed E-state index contributed by atoms with van der Waals surface area (Å²) in [6.45, 7) is 2.36. The van der Waals surface area contributed by atoms with Gasteiger partial charge >= 0.3 is 0 Å². The molecule has 0 aliphatic carbocycles. The van der Waals surface area contributed by atoms with Crippen molar-refractivity contribution in [1.82, 2.24) is 19.4 Å². The summed E-state index contributed by atoms with van der Waals surface area (Å²) in [5.74, 6) is 0.439. The molecule has 0 aliphatic rings. The first-order chi connectivity index (χ1) is 10.2. The van der Waals surface area contributed by atoms with E-state index in [2.05, 4.69) is 20.0 Å². The molecule has 106 valence electrons. The number of aryl methyl sites for hydroxylation is 1. The minimum Gasteiger partial charge on any atom is -0.306 e. The van der Waals surface area contributed by atoms with Crippen LogP contribution < -0.4 is 5.32 Å². The first kappa shape index (κ1) is 13.4. The zero-order valence-electron chi connectivity index (χ0n) is 11.4. The van der Waals surface area contributed by atoms with E-state index in [9.17, 15) is 4.79 Å². The van der Waals surface area contributed by atoms with Crippen molar-refractivity contribution in [3.8, 4) is 0 Å². The van der Waals surface area contributed by atoms with E-state index < -0.39 is 0 Å². The van der Waals surface area contributed by atoms with Crippen LogP contribution in [0.2, 0.25) is 0 Å². The molecule has 0 saturated heterocycles. The predicted molar refractivity (Wildman–Crippen MR) is 80.4 cm³/mol. The van der Waals surface area contributed by atoms with Gasteiger partial charge < -0.3 is 5.32 Å². The Morgan fingerprint density at radius 2 is 2.10 bits per heavy atom. The highest BCUT2D eigenvalue weighted by Crippen LogP contribution is 2.14. The lowest BCUT2D eigenvalue weighted by Gasteiger charge is -2.08. The number of carbonyl (C=O) groups is 1. The number of hydrogen-bond donors (Lipinski definition) is 1. The van der Waals surface area contributed by atoms with Crippen molar-refractivity contribution in [2.24, 2.45) is 0 Å². The molecule has 2 aromatic heterocycles. The minimum atomic E-state index is -0.211. The summed E-state index contributed by atoms with van der Waals surface area (Å²) in [6, 6.07) is 11.7. The standard InChI is InChI=1S/C14H13N5OS/c1-10-13(21-18-17-10)14(20)16-12-7-8-15-19(12)9-11-5-3-2-4-6-11/h2-8H,9H2,1H3,(H,16,20). The van der Waals surface area contributed by atoms with Crippen LogP contribution in [0.5, 0.6) is 0 Å². The number of rotatable bonds is 4. The van der Waals surface area contributed by atoms with Crippen molar-refractivity contribution in [2.75, 3.05) is 5.32 Å². The molecule has 3 rings (SSSR count). The first-order valence-corrected chi connectivity index (χ1v) is 7.17. The van der Waals surface area contributed by atoms with Crippen LogP contribution in [0.1, 0.15) is 20.9 Å². The van der Waals surface area contributed by atoms with Gasteiger partial charge in [-0.2, -0.15) is 5.10 Å². The maximum Gasteiger partial charge on any atom is 0.270 e. The Kier molecular flexibility index (Phi) is 3.74. The molecule has 2 heterocycles. The van der Waals surface area contributed by atoms with Gasteiger partial charge in [-0.15, -0.1) is 5.10 Å². The van der Waals surface area contributed by atoms with Crippen LogP contribution in [0, 0.1) is 6.92 Å². The molecule has 0 spiro atoms. The van der Waals surface area contributed by atoms with E-state index in [1.54, 1.807) is 23.9 Å². The van der Waals surface area contributed by atoms with Gasteiger partial charge in [-0.1, -0.05) is 34.8 Å². The molecule has 1 amide bonds. The molecule has 0 atom stereocenters. The van der Waals surface area contributed by atoms with Crippen molar-refractivity contribution in [2.45, 2.75) is 13.5 Å². The summed E-state index contributed by atoms with van der Waals surface area (Å²) >= 11 is 1.09. The lowest BCUT2D eigenvalue weighted by Crippen LogP contribution is -2.16. The van der Waals surface area contributed by atoms with Gasteiger partial charge in [0.05, 0.1) is 18.4 Å². The van der Waals surface area contributed by atoms with Crippen LogP contribution in [0.3, 0.4) is 0 Å². The van der Waals surface area contributed by atoms with Crippen LogP contribution in [-0.2, 0) is 6.54 Å². The van der Waals surface area contributed by atoms with Crippen molar-refractivity contribution in [3.05, 3.63) is 58.7 Å². The fourth-order valence-electron chi connectivity index (χ4n) is 1.93. The Balaban J connectivity index is 1.77. The highest BCUT2D eigenvalue weighted by atomic mass is 32.1. The summed E-state index contributed by atoms with van der Waals surface area (Å²) in [6.07, 6.45) is 1.66. The number of nitrogens with one attached hydrogen (secondary N) is 1. The topological polar surface area (TPSA) is 72.7 Å². The third-order valence-electron chi connectivity index (χ3n) is 2.99. The number of nitrogens with zero attached hydrogens (tertiary/aromatic N) is 4. The molecule has 0 fully saturated rings. The van der Waals surface area contributed by atoms with Gasteiger partial charge in [0.15, 0.2) is 0 Å². The second kappa shape index (κ2) is 5.84. The normalized spacial score (nSPS) is 10.5. The summed E-state index contributed by atoms with van der Waals surface area (Å²) in [5, 5.41) is 10.9. The van der Waals surface area contributed by atoms with Crippen LogP contribution in [0.15, 0.2) is 42.6 Å². The Morgan fingerprint density at radius 1 is 1.29 bits per heavy atom. The van der Waals surface area contributed by atoms with E-state index in [0.717, 1.165) is 17.1 Å². The molecule has 0 radical (unpaired) electrons. The van der Waals surface area contributed by atoms with Crippen molar-refractivity contribution >= 4 is 23.3 Å². The largest absolute Gasteiger partial charge is 0.306 e. The quantitative estimate of drug-likeness (QED) is 0.802. The molecule has 0 unspecified atom stereocenters. The highest BCUT2D eigenvalue weighted by Gasteiger charge is 2.15. The summed E-state index contributed by atoms with van der Waals surface area (Å²) in [4.78, 5) is 12.7. The zero-order valence-corrected chi connectivity index (χ0v) is 12.2. The molecule has 6 nitrogen and oxygen atoms in total. The Bertz CT molecular complexity index is 750. The van der Waals surface area contributed by atoms with E-state index in [-0.39, 0.29) is 5.91 Å². The van der Waals surface area contributed by atoms with Gasteiger partial charge in [0, 0.05) is 6.07 Å². The zero-order chi connectivity index (χ0) is 14.7. The number of carbonyl (C=O) groups excluding carboxylic acids is 1. The highest BCUT2D eigenvalue weighted by molar-refractivity contribution is 7.08. The van der Waals surface area contributed by atoms with Gasteiger partial charge in [0.2, 0.25) is 0 Å². The third kappa shape index (κ3) is 2.97. The minimum absolute atomic E-state index is 0.211. The molecule has 0 aliphatic heterocycles. The third-order valence-corrected chi connectivity index (χ3v) is 3.82. The summed E-state index contributed by atoms with van der Waals surface area (Å²) < 4.78 is 5.52. The van der Waals surface area contributed by atoms with Gasteiger partial charge in [0.1, 0.15) is 10.7 Å². The molecular weight excluding hydrogens is 286 g/mol. The molecule has 1 aromatic carbocycles. The fraction of sp³-hybridized carbons (Fsp3) is 0.143. The van der Waals surface area contributed by atoms with Gasteiger partial charge in [-0.3, -0.25) is 4.79 Å². The molecule has 0 bridgehead atoms. The Hall–Kier alpha value is -2.54. The number of hydrogen-bond acceptors (Lipinski definition) is 5. The van der Waals surface area contributed by atoms with Gasteiger partial charge in [0.25, 0.3) is 5.91 Å². The van der Waals surface area contributed by atoms with Crippen LogP contribution in [0.25, 0.3) is 0 Å². The van der Waals surface area contributed by atoms with Crippen molar-refractivity contribution < 1.29 is 4.79 Å². The number of benzene rings is 1. The molecular formula is C14H13N5OS. The van der Waals surface area contributed by atoms with E-state index in [1.807, 2.05) is 30.3 Å². The molecule has 0 saturated carbocycles. The van der Waals surface area contributed by atoms with Crippen LogP contribution in [-0.4, -0.2) is 25.3 Å². The smallest absolute Gasteiger partial charge is 0.270 e. The average Bonchev–Trinajstić information content (AvgIpc) is 3.10. The predicted octanol–water partition coefficient (Wildman–Crippen LogP) is 2.34. The number of amides is 1. The molecule has 21 heavy (non-hydrogen) atoms. The fourth-order valence-corrected chi connectivity index (χ4v) is 2.49. The summed E-state index contributed by atoms with van der Waals surface area (Å²) in [5.41, 5.74) is 1.75. The number of aromatic nitrogens is 4. The van der Waals surface area contributed by atoms with Crippen LogP contribution >= 0.6 is 11.5 Å².